The number of aromatic nitrogens is 1. The first-order chi connectivity index (χ1) is 12.7. The van der Waals surface area contributed by atoms with E-state index in [2.05, 4.69) is 10.3 Å². The molecule has 138 valence electrons. The van der Waals surface area contributed by atoms with Crippen LogP contribution in [0.1, 0.15) is 16.5 Å². The number of amides is 2. The smallest absolute Gasteiger partial charge is 0.254 e. The molecule has 2 aromatic heterocycles. The molecule has 1 aliphatic heterocycles. The van der Waals surface area contributed by atoms with E-state index in [1.54, 1.807) is 41.8 Å². The molecule has 2 amide bonds. The van der Waals surface area contributed by atoms with Crippen molar-refractivity contribution in [3.05, 3.63) is 52.5 Å². The Hall–Kier alpha value is -2.29. The Labute approximate surface area is 155 Å². The molecule has 2 aromatic rings. The van der Waals surface area contributed by atoms with Gasteiger partial charge in [0.1, 0.15) is 6.61 Å². The number of ether oxygens (including phenoxy) is 2. The van der Waals surface area contributed by atoms with E-state index in [0.717, 1.165) is 10.4 Å². The van der Waals surface area contributed by atoms with E-state index in [1.165, 1.54) is 0 Å². The highest BCUT2D eigenvalue weighted by Crippen LogP contribution is 2.24. The second-order valence-electron chi connectivity index (χ2n) is 5.90. The molecule has 0 aliphatic carbocycles. The Morgan fingerprint density at radius 2 is 2.35 bits per heavy atom. The number of carbonyl (C=O) groups is 2. The molecule has 2 atom stereocenters. The first kappa shape index (κ1) is 18.5. The summed E-state index contributed by atoms with van der Waals surface area (Å²) in [6.07, 6.45) is 2.49. The second kappa shape index (κ2) is 8.88. The molecule has 0 spiro atoms. The van der Waals surface area contributed by atoms with Gasteiger partial charge in [0.2, 0.25) is 5.91 Å². The minimum atomic E-state index is -0.797. The van der Waals surface area contributed by atoms with Crippen LogP contribution in [-0.2, 0) is 25.6 Å². The number of thiophene rings is 1. The maximum atomic E-state index is 13.2. The van der Waals surface area contributed by atoms with E-state index in [0.29, 0.717) is 19.7 Å². The first-order valence-electron chi connectivity index (χ1n) is 8.30. The van der Waals surface area contributed by atoms with Gasteiger partial charge in [-0.15, -0.1) is 11.3 Å². The van der Waals surface area contributed by atoms with Crippen LogP contribution in [-0.4, -0.2) is 54.7 Å². The molecule has 0 aromatic carbocycles. The number of pyridine rings is 1. The Balaban J connectivity index is 1.81. The van der Waals surface area contributed by atoms with Gasteiger partial charge >= 0.3 is 0 Å². The minimum Gasteiger partial charge on any atom is -0.383 e. The summed E-state index contributed by atoms with van der Waals surface area (Å²) < 4.78 is 10.8. The largest absolute Gasteiger partial charge is 0.383 e. The summed E-state index contributed by atoms with van der Waals surface area (Å²) in [6.45, 7) is 1.21. The van der Waals surface area contributed by atoms with Crippen LogP contribution in [0.25, 0.3) is 0 Å². The fraction of sp³-hybridized carbons (Fsp3) is 0.389. The molecule has 1 N–H and O–H groups in total. The number of hydrogen-bond donors (Lipinski definition) is 1. The maximum Gasteiger partial charge on any atom is 0.254 e. The summed E-state index contributed by atoms with van der Waals surface area (Å²) in [6, 6.07) is 6.97. The van der Waals surface area contributed by atoms with Crippen LogP contribution in [0.4, 0.5) is 0 Å². The van der Waals surface area contributed by atoms with Crippen LogP contribution in [0.15, 0.2) is 42.0 Å². The minimum absolute atomic E-state index is 0.135. The number of nitrogens with one attached hydrogen (secondary N) is 1. The second-order valence-corrected chi connectivity index (χ2v) is 6.93. The summed E-state index contributed by atoms with van der Waals surface area (Å²) in [5, 5.41) is 4.83. The topological polar surface area (TPSA) is 80.8 Å². The van der Waals surface area contributed by atoms with Crippen LogP contribution in [0.5, 0.6) is 0 Å². The fourth-order valence-corrected chi connectivity index (χ4v) is 3.54. The van der Waals surface area contributed by atoms with Crippen LogP contribution in [0.3, 0.4) is 0 Å². The van der Waals surface area contributed by atoms with Crippen molar-refractivity contribution in [3.63, 3.8) is 0 Å². The van der Waals surface area contributed by atoms with Crippen molar-refractivity contribution >= 4 is 23.2 Å². The van der Waals surface area contributed by atoms with Crippen molar-refractivity contribution in [2.75, 3.05) is 26.9 Å². The highest BCUT2D eigenvalue weighted by Gasteiger charge is 2.38. The lowest BCUT2D eigenvalue weighted by Gasteiger charge is -2.35. The van der Waals surface area contributed by atoms with Crippen molar-refractivity contribution in [3.8, 4) is 0 Å². The monoisotopic (exact) mass is 375 g/mol. The Morgan fingerprint density at radius 1 is 1.46 bits per heavy atom. The molecule has 1 aliphatic rings. The quantitative estimate of drug-likeness (QED) is 0.791. The lowest BCUT2D eigenvalue weighted by molar-refractivity contribution is -0.156. The number of methoxy groups -OCH3 is 1. The summed E-state index contributed by atoms with van der Waals surface area (Å²) >= 11 is 1.59. The van der Waals surface area contributed by atoms with Gasteiger partial charge in [-0.1, -0.05) is 12.1 Å². The van der Waals surface area contributed by atoms with E-state index in [1.807, 2.05) is 23.6 Å². The molecule has 0 bridgehead atoms. The van der Waals surface area contributed by atoms with Gasteiger partial charge in [0.25, 0.3) is 5.91 Å². The molecule has 7 nitrogen and oxygen atoms in total. The third-order valence-corrected chi connectivity index (χ3v) is 4.97. The first-order valence-corrected chi connectivity index (χ1v) is 9.18. The summed E-state index contributed by atoms with van der Waals surface area (Å²) in [5.41, 5.74) is 0.738. The molecule has 1 saturated heterocycles. The molecule has 26 heavy (non-hydrogen) atoms. The molecular weight excluding hydrogens is 354 g/mol. The molecule has 0 radical (unpaired) electrons. The van der Waals surface area contributed by atoms with Gasteiger partial charge in [0.15, 0.2) is 6.10 Å². The van der Waals surface area contributed by atoms with Gasteiger partial charge < -0.3 is 19.7 Å². The highest BCUT2D eigenvalue weighted by molar-refractivity contribution is 7.09. The van der Waals surface area contributed by atoms with Crippen molar-refractivity contribution < 1.29 is 19.1 Å². The number of carbonyl (C=O) groups excluding carboxylic acids is 2. The van der Waals surface area contributed by atoms with Gasteiger partial charge in [0, 0.05) is 30.9 Å². The average molecular weight is 375 g/mol. The predicted molar refractivity (Wildman–Crippen MR) is 96.5 cm³/mol. The third-order valence-electron chi connectivity index (χ3n) is 4.10. The van der Waals surface area contributed by atoms with Crippen LogP contribution >= 0.6 is 11.3 Å². The third kappa shape index (κ3) is 4.46. The van der Waals surface area contributed by atoms with Gasteiger partial charge in [-0.2, -0.15) is 0 Å². The lowest BCUT2D eigenvalue weighted by Crippen LogP contribution is -2.53. The highest BCUT2D eigenvalue weighted by atomic mass is 32.1. The molecule has 1 fully saturated rings. The summed E-state index contributed by atoms with van der Waals surface area (Å²) in [5.74, 6) is -0.422. The average Bonchev–Trinajstić information content (AvgIpc) is 3.18. The van der Waals surface area contributed by atoms with E-state index in [9.17, 15) is 9.59 Å². The Bertz CT molecular complexity index is 723. The summed E-state index contributed by atoms with van der Waals surface area (Å²) in [7, 11) is 1.60. The Morgan fingerprint density at radius 3 is 3.04 bits per heavy atom. The van der Waals surface area contributed by atoms with Crippen LogP contribution in [0, 0.1) is 0 Å². The van der Waals surface area contributed by atoms with Crippen LogP contribution < -0.4 is 5.32 Å². The normalized spacial score (nSPS) is 19.8. The number of rotatable bonds is 7. The van der Waals surface area contributed by atoms with Crippen molar-refractivity contribution in [2.24, 2.45) is 0 Å². The summed E-state index contributed by atoms with van der Waals surface area (Å²) in [4.78, 5) is 31.9. The lowest BCUT2D eigenvalue weighted by atomic mass is 10.0. The van der Waals surface area contributed by atoms with E-state index < -0.39 is 12.1 Å². The zero-order chi connectivity index (χ0) is 18.4. The predicted octanol–water partition coefficient (Wildman–Crippen LogP) is 1.37. The molecule has 0 saturated carbocycles. The molecular formula is C18H21N3O4S. The SMILES string of the molecule is COCCN(Cc1cccs1)C(=O)[C@H]1OCC(=O)N[C@@H]1c1cccnc1. The molecule has 3 heterocycles. The fourth-order valence-electron chi connectivity index (χ4n) is 2.82. The van der Waals surface area contributed by atoms with Gasteiger partial charge in [0.05, 0.1) is 19.2 Å². The zero-order valence-electron chi connectivity index (χ0n) is 14.5. The van der Waals surface area contributed by atoms with Crippen molar-refractivity contribution in [1.29, 1.82) is 0 Å². The standard InChI is InChI=1S/C18H21N3O4S/c1-24-8-7-21(11-14-5-3-9-26-14)18(23)17-16(20-15(22)12-25-17)13-4-2-6-19-10-13/h2-6,9-10,16-17H,7-8,11-12H2,1H3,(H,20,22)/t16-,17+/m1/s1. The van der Waals surface area contributed by atoms with Gasteiger partial charge in [-0.25, -0.2) is 0 Å². The van der Waals surface area contributed by atoms with Crippen LogP contribution in [0.2, 0.25) is 0 Å². The van der Waals surface area contributed by atoms with E-state index >= 15 is 0 Å². The number of hydrogen-bond acceptors (Lipinski definition) is 6. The zero-order valence-corrected chi connectivity index (χ0v) is 15.3. The number of nitrogens with zero attached hydrogens (tertiary/aromatic N) is 2. The molecule has 0 unspecified atom stereocenters. The van der Waals surface area contributed by atoms with Crippen molar-refractivity contribution in [2.45, 2.75) is 18.7 Å². The van der Waals surface area contributed by atoms with E-state index in [4.69, 9.17) is 9.47 Å². The van der Waals surface area contributed by atoms with Gasteiger partial charge in [-0.05, 0) is 23.1 Å². The maximum absolute atomic E-state index is 13.2. The van der Waals surface area contributed by atoms with E-state index in [-0.39, 0.29) is 18.4 Å². The molecule has 8 heteroatoms. The van der Waals surface area contributed by atoms with Crippen molar-refractivity contribution in [1.82, 2.24) is 15.2 Å². The Kier molecular flexibility index (Phi) is 6.32. The number of morpholine rings is 1. The molecule has 3 rings (SSSR count). The van der Waals surface area contributed by atoms with Gasteiger partial charge in [-0.3, -0.25) is 14.6 Å².